The summed E-state index contributed by atoms with van der Waals surface area (Å²) in [6.45, 7) is 7.63. The summed E-state index contributed by atoms with van der Waals surface area (Å²) >= 11 is 0. The zero-order valence-corrected chi connectivity index (χ0v) is 17.8. The van der Waals surface area contributed by atoms with Gasteiger partial charge in [0, 0.05) is 25.3 Å². The van der Waals surface area contributed by atoms with Gasteiger partial charge in [0.05, 0.1) is 6.10 Å². The van der Waals surface area contributed by atoms with Crippen molar-refractivity contribution in [3.63, 3.8) is 0 Å². The van der Waals surface area contributed by atoms with Crippen molar-refractivity contribution in [2.45, 2.75) is 70.5 Å². The van der Waals surface area contributed by atoms with Crippen molar-refractivity contribution in [1.82, 2.24) is 10.2 Å². The van der Waals surface area contributed by atoms with Crippen molar-refractivity contribution in [1.29, 1.82) is 0 Å². The van der Waals surface area contributed by atoms with E-state index >= 15 is 0 Å². The Labute approximate surface area is 169 Å². The first-order valence-corrected chi connectivity index (χ1v) is 10.9. The topological polar surface area (TPSA) is 50.8 Å². The maximum absolute atomic E-state index is 12.4. The Hall–Kier alpha value is -1.59. The summed E-state index contributed by atoms with van der Waals surface area (Å²) < 4.78 is 12.1. The van der Waals surface area contributed by atoms with E-state index < -0.39 is 0 Å². The number of fused-ring (bicyclic) bond motifs is 1. The largest absolute Gasteiger partial charge is 0.487 e. The molecule has 1 unspecified atom stereocenters. The number of nitrogens with one attached hydrogen (secondary N) is 1. The first-order valence-electron chi connectivity index (χ1n) is 10.9. The molecule has 0 aromatic heterocycles. The van der Waals surface area contributed by atoms with Crippen LogP contribution < -0.4 is 10.1 Å². The number of benzene rings is 1. The van der Waals surface area contributed by atoms with Gasteiger partial charge in [-0.2, -0.15) is 0 Å². The monoisotopic (exact) mass is 388 g/mol. The number of ether oxygens (including phenoxy) is 2. The third-order valence-corrected chi connectivity index (χ3v) is 5.93. The second kappa shape index (κ2) is 9.75. The molecule has 5 nitrogen and oxygen atoms in total. The number of likely N-dealkylation sites (tertiary alicyclic amines) is 1. The van der Waals surface area contributed by atoms with Crippen molar-refractivity contribution in [2.24, 2.45) is 0 Å². The van der Waals surface area contributed by atoms with Gasteiger partial charge in [0.25, 0.3) is 5.91 Å². The second-order valence-corrected chi connectivity index (χ2v) is 8.65. The molecular formula is C23H36N2O3. The maximum Gasteiger partial charge on any atom is 0.251 e. The minimum absolute atomic E-state index is 0.0137. The van der Waals surface area contributed by atoms with Gasteiger partial charge in [0.2, 0.25) is 0 Å². The molecule has 1 aromatic carbocycles. The predicted octanol–water partition coefficient (Wildman–Crippen LogP) is 3.80. The van der Waals surface area contributed by atoms with Crippen molar-refractivity contribution >= 4 is 5.91 Å². The Bertz CT molecular complexity index is 661. The van der Waals surface area contributed by atoms with Crippen LogP contribution in [0.25, 0.3) is 0 Å². The van der Waals surface area contributed by atoms with Gasteiger partial charge in [-0.25, -0.2) is 0 Å². The van der Waals surface area contributed by atoms with Crippen LogP contribution in [0.15, 0.2) is 18.2 Å². The number of hydrogen-bond acceptors (Lipinski definition) is 4. The zero-order valence-electron chi connectivity index (χ0n) is 17.8. The molecule has 5 heteroatoms. The maximum atomic E-state index is 12.4. The summed E-state index contributed by atoms with van der Waals surface area (Å²) in [5, 5.41) is 2.99. The highest BCUT2D eigenvalue weighted by Gasteiger charge is 2.36. The van der Waals surface area contributed by atoms with E-state index in [0.717, 1.165) is 55.5 Å². The smallest absolute Gasteiger partial charge is 0.251 e. The summed E-state index contributed by atoms with van der Waals surface area (Å²) in [6.07, 6.45) is 7.79. The number of carbonyl (C=O) groups excluding carboxylic acids is 1. The van der Waals surface area contributed by atoms with Crippen LogP contribution in [0.1, 0.15) is 68.3 Å². The minimum Gasteiger partial charge on any atom is -0.487 e. The highest BCUT2D eigenvalue weighted by molar-refractivity contribution is 5.94. The van der Waals surface area contributed by atoms with Crippen LogP contribution in [0.5, 0.6) is 5.75 Å². The number of nitrogens with zero attached hydrogens (tertiary/aromatic N) is 1. The third kappa shape index (κ3) is 5.71. The summed E-state index contributed by atoms with van der Waals surface area (Å²) in [5.41, 5.74) is 1.86. The average Bonchev–Trinajstić information content (AvgIpc) is 2.67. The molecule has 2 heterocycles. The third-order valence-electron chi connectivity index (χ3n) is 5.93. The number of rotatable bonds is 6. The lowest BCUT2D eigenvalue weighted by molar-refractivity contribution is 0.0120. The van der Waals surface area contributed by atoms with Crippen molar-refractivity contribution < 1.29 is 14.3 Å². The van der Waals surface area contributed by atoms with E-state index in [2.05, 4.69) is 17.3 Å². The molecule has 0 bridgehead atoms. The summed E-state index contributed by atoms with van der Waals surface area (Å²) in [7, 11) is 2.20. The van der Waals surface area contributed by atoms with E-state index in [1.165, 1.54) is 19.4 Å². The molecule has 0 aliphatic carbocycles. The lowest BCUT2D eigenvalue weighted by Crippen LogP contribution is -2.44. The van der Waals surface area contributed by atoms with Gasteiger partial charge in [-0.1, -0.05) is 0 Å². The summed E-state index contributed by atoms with van der Waals surface area (Å²) in [6, 6.07) is 5.90. The van der Waals surface area contributed by atoms with E-state index in [-0.39, 0.29) is 17.6 Å². The van der Waals surface area contributed by atoms with E-state index in [0.29, 0.717) is 13.2 Å². The van der Waals surface area contributed by atoms with E-state index in [9.17, 15) is 4.79 Å². The van der Waals surface area contributed by atoms with E-state index in [1.807, 2.05) is 32.0 Å². The highest BCUT2D eigenvalue weighted by Crippen LogP contribution is 2.39. The molecule has 2 aliphatic heterocycles. The van der Waals surface area contributed by atoms with Gasteiger partial charge >= 0.3 is 0 Å². The Morgan fingerprint density at radius 2 is 2.11 bits per heavy atom. The molecular weight excluding hydrogens is 352 g/mol. The van der Waals surface area contributed by atoms with Crippen LogP contribution in [0, 0.1) is 0 Å². The Kier molecular flexibility index (Phi) is 7.36. The van der Waals surface area contributed by atoms with Crippen LogP contribution in [0.3, 0.4) is 0 Å². The fourth-order valence-corrected chi connectivity index (χ4v) is 4.17. The van der Waals surface area contributed by atoms with E-state index in [4.69, 9.17) is 9.47 Å². The van der Waals surface area contributed by atoms with Crippen molar-refractivity contribution in [3.05, 3.63) is 29.3 Å². The Morgan fingerprint density at radius 1 is 1.25 bits per heavy atom. The van der Waals surface area contributed by atoms with Crippen LogP contribution in [0.4, 0.5) is 0 Å². The highest BCUT2D eigenvalue weighted by atomic mass is 16.5. The molecule has 1 fully saturated rings. The summed E-state index contributed by atoms with van der Waals surface area (Å²) in [5.74, 6) is 0.955. The van der Waals surface area contributed by atoms with Gasteiger partial charge in [-0.05, 0) is 96.1 Å². The molecule has 0 radical (unpaired) electrons. The SMILES string of the molecule is CC(C)OCCCNC(=O)c1ccc2c(c1)CCC1(CCCCN(C)CC1)O2. The first-order chi connectivity index (χ1) is 13.5. The molecule has 1 atom stereocenters. The van der Waals surface area contributed by atoms with Crippen LogP contribution >= 0.6 is 0 Å². The molecule has 1 amide bonds. The molecule has 1 saturated heterocycles. The Balaban J connectivity index is 1.56. The van der Waals surface area contributed by atoms with Crippen molar-refractivity contribution in [2.75, 3.05) is 33.3 Å². The zero-order chi connectivity index (χ0) is 20.0. The number of aryl methyl sites for hydroxylation is 1. The average molecular weight is 389 g/mol. The molecule has 1 N–H and O–H groups in total. The van der Waals surface area contributed by atoms with Gasteiger partial charge < -0.3 is 19.7 Å². The molecule has 1 aromatic rings. The second-order valence-electron chi connectivity index (χ2n) is 8.65. The lowest BCUT2D eigenvalue weighted by atomic mass is 9.83. The lowest BCUT2D eigenvalue weighted by Gasteiger charge is -2.41. The fourth-order valence-electron chi connectivity index (χ4n) is 4.17. The normalized spacial score (nSPS) is 23.0. The summed E-state index contributed by atoms with van der Waals surface area (Å²) in [4.78, 5) is 14.9. The molecule has 28 heavy (non-hydrogen) atoms. The molecule has 2 aliphatic rings. The van der Waals surface area contributed by atoms with Gasteiger partial charge in [-0.15, -0.1) is 0 Å². The Morgan fingerprint density at radius 3 is 2.93 bits per heavy atom. The van der Waals surface area contributed by atoms with Crippen LogP contribution in [-0.4, -0.2) is 55.8 Å². The van der Waals surface area contributed by atoms with Crippen LogP contribution in [-0.2, 0) is 11.2 Å². The standard InChI is InChI=1S/C23H36N2O3/c1-18(2)27-16-6-13-24-22(26)20-7-8-21-19(17-20)9-11-23(28-21)10-4-5-14-25(3)15-12-23/h7-8,17-18H,4-6,9-16H2,1-3H3,(H,24,26). The minimum atomic E-state index is -0.0259. The first kappa shape index (κ1) is 21.1. The predicted molar refractivity (Wildman–Crippen MR) is 112 cm³/mol. The molecule has 1 spiro atoms. The molecule has 3 rings (SSSR count). The molecule has 156 valence electrons. The fraction of sp³-hybridized carbons (Fsp3) is 0.696. The van der Waals surface area contributed by atoms with Gasteiger partial charge in [0.15, 0.2) is 0 Å². The van der Waals surface area contributed by atoms with E-state index in [1.54, 1.807) is 0 Å². The van der Waals surface area contributed by atoms with Crippen molar-refractivity contribution in [3.8, 4) is 5.75 Å². The number of amides is 1. The van der Waals surface area contributed by atoms with Crippen LogP contribution in [0.2, 0.25) is 0 Å². The molecule has 0 saturated carbocycles. The quantitative estimate of drug-likeness (QED) is 0.753. The van der Waals surface area contributed by atoms with Gasteiger partial charge in [0.1, 0.15) is 11.4 Å². The van der Waals surface area contributed by atoms with Gasteiger partial charge in [-0.3, -0.25) is 4.79 Å². The number of hydrogen-bond donors (Lipinski definition) is 1. The number of carbonyl (C=O) groups is 1.